The molecule has 0 saturated heterocycles. The van der Waals surface area contributed by atoms with E-state index in [0.29, 0.717) is 42.7 Å². The Hall–Kier alpha value is -4.87. The largest absolute Gasteiger partial charge is 0.381 e. The summed E-state index contributed by atoms with van der Waals surface area (Å²) in [5.74, 6) is -2.29. The number of para-hydroxylation sites is 1. The molecule has 0 atom stereocenters. The predicted molar refractivity (Wildman–Crippen MR) is 193 cm³/mol. The number of carbonyl (C=O) groups is 2. The van der Waals surface area contributed by atoms with Gasteiger partial charge in [0, 0.05) is 86.8 Å². The number of nitrogens with zero attached hydrogens (tertiary/aromatic N) is 4. The normalized spacial score (nSPS) is 17.7. The molecule has 3 heterocycles. The molecule has 260 valence electrons. The average Bonchev–Trinajstić information content (AvgIpc) is 3.61. The predicted octanol–water partition coefficient (Wildman–Crippen LogP) is 6.81. The van der Waals surface area contributed by atoms with E-state index in [9.17, 15) is 9.59 Å². The number of amides is 1. The van der Waals surface area contributed by atoms with Crippen molar-refractivity contribution < 1.29 is 23.1 Å². The molecule has 0 radical (unpaired) electrons. The van der Waals surface area contributed by atoms with E-state index in [2.05, 4.69) is 44.7 Å². The molecule has 9 nitrogen and oxygen atoms in total. The third-order valence-electron chi connectivity index (χ3n) is 10.4. The molecule has 2 aliphatic rings. The Kier molecular flexibility index (Phi) is 9.04. The van der Waals surface area contributed by atoms with Gasteiger partial charge in [-0.2, -0.15) is 0 Å². The molecule has 2 N–H and O–H groups in total. The molecule has 50 heavy (non-hydrogen) atoms. The maximum Gasteiger partial charge on any atom is 0.248 e. The summed E-state index contributed by atoms with van der Waals surface area (Å²) < 4.78 is 40.2. The van der Waals surface area contributed by atoms with Gasteiger partial charge in [-0.3, -0.25) is 9.59 Å². The van der Waals surface area contributed by atoms with E-state index in [1.807, 2.05) is 32.2 Å². The number of ketones is 1. The van der Waals surface area contributed by atoms with Crippen LogP contribution in [0.1, 0.15) is 53.0 Å². The van der Waals surface area contributed by atoms with Crippen molar-refractivity contribution in [1.82, 2.24) is 19.4 Å². The van der Waals surface area contributed by atoms with Gasteiger partial charge in [0.25, 0.3) is 0 Å². The topological polar surface area (TPSA) is 93.4 Å². The van der Waals surface area contributed by atoms with Crippen molar-refractivity contribution in [2.45, 2.75) is 58.2 Å². The number of ether oxygens (including phenoxy) is 1. The number of hydrogen-bond acceptors (Lipinski definition) is 6. The van der Waals surface area contributed by atoms with Crippen molar-refractivity contribution in [2.24, 2.45) is 7.05 Å². The van der Waals surface area contributed by atoms with Gasteiger partial charge in [-0.15, -0.1) is 0 Å². The van der Waals surface area contributed by atoms with E-state index in [1.165, 1.54) is 6.08 Å². The van der Waals surface area contributed by atoms with E-state index < -0.39 is 29.0 Å². The number of anilines is 2. The fourth-order valence-electron chi connectivity index (χ4n) is 7.60. The summed E-state index contributed by atoms with van der Waals surface area (Å²) in [4.78, 5) is 33.6. The highest BCUT2D eigenvalue weighted by Gasteiger charge is 2.28. The molecule has 11 heteroatoms. The van der Waals surface area contributed by atoms with Gasteiger partial charge in [-0.25, -0.2) is 13.8 Å². The first-order chi connectivity index (χ1) is 24.0. The molecule has 0 bridgehead atoms. The number of imidazole rings is 1. The van der Waals surface area contributed by atoms with Crippen molar-refractivity contribution in [3.05, 3.63) is 88.9 Å². The molecule has 2 aromatic heterocycles. The Balaban J connectivity index is 1.15. The standard InChI is InChI=1S/C39H42F2N6O3/c1-22-18-32-36(43-23(2)46(32)4)38-34(22)28-9-6-8-27-29(21-47(37(27)28)17-16-45(38)3)39(49)24-19-30(40)35(31(41)20-24)44-33(48)10-7-15-42-25-11-13-26(50-5)14-12-25/h6-10,18-21,25-26,42H,11-17H2,1-5H3,(H,44,48)/b10-7+. The van der Waals surface area contributed by atoms with E-state index in [1.54, 1.807) is 19.4 Å². The van der Waals surface area contributed by atoms with E-state index in [0.717, 1.165) is 82.6 Å². The van der Waals surface area contributed by atoms with Crippen LogP contribution < -0.4 is 15.5 Å². The minimum Gasteiger partial charge on any atom is -0.381 e. The minimum absolute atomic E-state index is 0.139. The van der Waals surface area contributed by atoms with Gasteiger partial charge in [0.15, 0.2) is 5.78 Å². The highest BCUT2D eigenvalue weighted by Crippen LogP contribution is 2.44. The van der Waals surface area contributed by atoms with Crippen molar-refractivity contribution in [3.63, 3.8) is 0 Å². The number of aryl methyl sites for hydroxylation is 3. The number of nitrogens with one attached hydrogen (secondary N) is 2. The molecule has 1 fully saturated rings. The van der Waals surface area contributed by atoms with Gasteiger partial charge in [0.1, 0.15) is 28.7 Å². The van der Waals surface area contributed by atoms with Gasteiger partial charge < -0.3 is 29.4 Å². The molecule has 3 aromatic carbocycles. The third-order valence-corrected chi connectivity index (χ3v) is 10.4. The van der Waals surface area contributed by atoms with Crippen LogP contribution in [0, 0.1) is 25.5 Å². The van der Waals surface area contributed by atoms with Gasteiger partial charge >= 0.3 is 0 Å². The second-order valence-corrected chi connectivity index (χ2v) is 13.5. The monoisotopic (exact) mass is 680 g/mol. The van der Waals surface area contributed by atoms with Crippen LogP contribution in [0.25, 0.3) is 33.1 Å². The minimum atomic E-state index is -1.02. The Labute approximate surface area is 289 Å². The van der Waals surface area contributed by atoms with Crippen molar-refractivity contribution >= 4 is 45.0 Å². The fraction of sp³-hybridized carbons (Fsp3) is 0.359. The number of methoxy groups -OCH3 is 1. The Morgan fingerprint density at radius 1 is 1.04 bits per heavy atom. The molecule has 1 saturated carbocycles. The van der Waals surface area contributed by atoms with Crippen LogP contribution in [-0.2, 0) is 23.1 Å². The zero-order valence-electron chi connectivity index (χ0n) is 29.1. The Morgan fingerprint density at radius 3 is 2.50 bits per heavy atom. The third kappa shape index (κ3) is 5.98. The number of fused-ring (bicyclic) bond motifs is 4. The van der Waals surface area contributed by atoms with Crippen LogP contribution in [0.5, 0.6) is 0 Å². The van der Waals surface area contributed by atoms with Crippen LogP contribution in [-0.4, -0.2) is 65.2 Å². The Bertz CT molecular complexity index is 2150. The van der Waals surface area contributed by atoms with Gasteiger partial charge in [0.2, 0.25) is 5.91 Å². The number of aromatic nitrogens is 3. The number of rotatable bonds is 8. The van der Waals surface area contributed by atoms with Crippen LogP contribution in [0.2, 0.25) is 0 Å². The molecule has 1 aliphatic heterocycles. The first kappa shape index (κ1) is 33.6. The number of carbonyl (C=O) groups excluding carboxylic acids is 2. The second-order valence-electron chi connectivity index (χ2n) is 13.5. The molecule has 5 aromatic rings. The molecular weight excluding hydrogens is 638 g/mol. The van der Waals surface area contributed by atoms with Crippen molar-refractivity contribution in [1.29, 1.82) is 0 Å². The van der Waals surface area contributed by atoms with E-state index >= 15 is 8.78 Å². The van der Waals surface area contributed by atoms with E-state index in [-0.39, 0.29) is 5.56 Å². The molecule has 7 rings (SSSR count). The van der Waals surface area contributed by atoms with Crippen LogP contribution >= 0.6 is 0 Å². The van der Waals surface area contributed by atoms with E-state index in [4.69, 9.17) is 9.72 Å². The molecule has 0 spiro atoms. The summed E-state index contributed by atoms with van der Waals surface area (Å²) in [5, 5.41) is 6.38. The number of likely N-dealkylation sites (N-methyl/N-ethyl adjacent to an activating group) is 1. The number of hydrogen-bond donors (Lipinski definition) is 2. The summed E-state index contributed by atoms with van der Waals surface area (Å²) >= 11 is 0. The van der Waals surface area contributed by atoms with Gasteiger partial charge in [0.05, 0.1) is 22.8 Å². The molecular formula is C39H42F2N6O3. The fourth-order valence-corrected chi connectivity index (χ4v) is 7.60. The summed E-state index contributed by atoms with van der Waals surface area (Å²) in [6.45, 7) is 5.78. The van der Waals surface area contributed by atoms with Crippen LogP contribution in [0.3, 0.4) is 0 Å². The molecule has 1 amide bonds. The summed E-state index contributed by atoms with van der Waals surface area (Å²) in [6.07, 6.45) is 8.91. The molecule has 0 unspecified atom stereocenters. The summed E-state index contributed by atoms with van der Waals surface area (Å²) in [7, 11) is 5.80. The maximum atomic E-state index is 15.3. The van der Waals surface area contributed by atoms with Crippen LogP contribution in [0.4, 0.5) is 20.2 Å². The highest BCUT2D eigenvalue weighted by atomic mass is 19.1. The summed E-state index contributed by atoms with van der Waals surface area (Å²) in [5.41, 5.74) is 6.59. The maximum absolute atomic E-state index is 15.3. The number of benzene rings is 3. The lowest BCUT2D eigenvalue weighted by Crippen LogP contribution is -2.35. The van der Waals surface area contributed by atoms with Gasteiger partial charge in [-0.1, -0.05) is 24.3 Å². The van der Waals surface area contributed by atoms with Crippen molar-refractivity contribution in [2.75, 3.05) is 37.5 Å². The van der Waals surface area contributed by atoms with Gasteiger partial charge in [-0.05, 0) is 63.3 Å². The zero-order chi connectivity index (χ0) is 35.3. The number of halogens is 2. The highest BCUT2D eigenvalue weighted by molar-refractivity contribution is 6.19. The smallest absolute Gasteiger partial charge is 0.248 e. The SMILES string of the molecule is COC1CCC(NC/C=C/C(=O)Nc2c(F)cc(C(=O)c3cn4c5c(cccc35)-c3c(C)cc5c(nc(C)n5C)c3N(C)CC4)cc2F)CC1. The van der Waals surface area contributed by atoms with Crippen LogP contribution in [0.15, 0.2) is 54.7 Å². The second kappa shape index (κ2) is 13.4. The zero-order valence-corrected chi connectivity index (χ0v) is 29.1. The quantitative estimate of drug-likeness (QED) is 0.138. The lowest BCUT2D eigenvalue weighted by Gasteiger charge is -2.28. The first-order valence-electron chi connectivity index (χ1n) is 17.1. The first-order valence-corrected chi connectivity index (χ1v) is 17.1. The lowest BCUT2D eigenvalue weighted by molar-refractivity contribution is -0.112. The molecule has 1 aliphatic carbocycles. The lowest BCUT2D eigenvalue weighted by atomic mass is 9.93. The average molecular weight is 681 g/mol. The summed E-state index contributed by atoms with van der Waals surface area (Å²) in [6, 6.07) is 10.3. The van der Waals surface area contributed by atoms with Crippen molar-refractivity contribution in [3.8, 4) is 11.1 Å². The Morgan fingerprint density at radius 2 is 1.78 bits per heavy atom.